The fourth-order valence-corrected chi connectivity index (χ4v) is 4.65. The van der Waals surface area contributed by atoms with Crippen LogP contribution in [0.3, 0.4) is 0 Å². The maximum absolute atomic E-state index is 12.5. The van der Waals surface area contributed by atoms with Crippen LogP contribution in [0.2, 0.25) is 0 Å². The van der Waals surface area contributed by atoms with Crippen molar-refractivity contribution in [1.82, 2.24) is 14.5 Å². The van der Waals surface area contributed by atoms with E-state index in [4.69, 9.17) is 0 Å². The highest BCUT2D eigenvalue weighted by molar-refractivity contribution is 7.89. The first-order chi connectivity index (χ1) is 11.3. The summed E-state index contributed by atoms with van der Waals surface area (Å²) in [6.45, 7) is 2.82. The highest BCUT2D eigenvalue weighted by Gasteiger charge is 2.45. The van der Waals surface area contributed by atoms with Crippen molar-refractivity contribution in [3.8, 4) is 0 Å². The summed E-state index contributed by atoms with van der Waals surface area (Å²) in [4.78, 5) is 25.7. The summed E-state index contributed by atoms with van der Waals surface area (Å²) in [5.41, 5.74) is 0.998. The minimum atomic E-state index is -3.52. The van der Waals surface area contributed by atoms with Crippen LogP contribution in [0.4, 0.5) is 0 Å². The number of hydrogen-bond acceptors (Lipinski definition) is 4. The molecule has 2 saturated heterocycles. The minimum absolute atomic E-state index is 0.0824. The Kier molecular flexibility index (Phi) is 4.35. The van der Waals surface area contributed by atoms with Gasteiger partial charge in [0.25, 0.3) is 0 Å². The van der Waals surface area contributed by atoms with E-state index in [2.05, 4.69) is 5.32 Å². The molecule has 2 aliphatic rings. The van der Waals surface area contributed by atoms with Gasteiger partial charge in [0.15, 0.2) is 0 Å². The van der Waals surface area contributed by atoms with E-state index in [1.54, 1.807) is 36.2 Å². The molecule has 8 heteroatoms. The topological polar surface area (TPSA) is 86.8 Å². The minimum Gasteiger partial charge on any atom is -0.359 e. The van der Waals surface area contributed by atoms with E-state index in [9.17, 15) is 18.0 Å². The molecule has 3 rings (SSSR count). The standard InChI is InChI=1S/C16H21N3O4S/c1-11-3-5-14(6-4-11)24(22,23)18-9-13(10-18)19-8-12(7-15(19)20)16(21)17-2/h3-6,12-13H,7-10H2,1-2H3,(H,17,21). The van der Waals surface area contributed by atoms with E-state index in [1.807, 2.05) is 6.92 Å². The van der Waals surface area contributed by atoms with E-state index >= 15 is 0 Å². The molecule has 2 fully saturated rings. The van der Waals surface area contributed by atoms with Crippen LogP contribution < -0.4 is 5.32 Å². The van der Waals surface area contributed by atoms with Gasteiger partial charge in [-0.3, -0.25) is 9.59 Å². The Bertz CT molecular complexity index is 754. The third-order valence-electron chi connectivity index (χ3n) is 4.70. The molecule has 1 aromatic carbocycles. The molecule has 1 unspecified atom stereocenters. The van der Waals surface area contributed by atoms with Crippen molar-refractivity contribution >= 4 is 21.8 Å². The van der Waals surface area contributed by atoms with Crippen LogP contribution in [-0.4, -0.2) is 62.2 Å². The Morgan fingerprint density at radius 2 is 1.79 bits per heavy atom. The molecule has 0 bridgehead atoms. The first kappa shape index (κ1) is 16.9. The third kappa shape index (κ3) is 2.91. The van der Waals surface area contributed by atoms with Gasteiger partial charge in [0.05, 0.1) is 16.9 Å². The molecular formula is C16H21N3O4S. The van der Waals surface area contributed by atoms with Crippen LogP contribution in [0.1, 0.15) is 12.0 Å². The highest BCUT2D eigenvalue weighted by atomic mass is 32.2. The van der Waals surface area contributed by atoms with E-state index in [0.717, 1.165) is 5.56 Å². The zero-order chi connectivity index (χ0) is 17.5. The Morgan fingerprint density at radius 3 is 2.38 bits per heavy atom. The van der Waals surface area contributed by atoms with Crippen molar-refractivity contribution in [2.45, 2.75) is 24.3 Å². The normalized spacial score (nSPS) is 22.5. The average molecular weight is 351 g/mol. The molecule has 2 aliphatic heterocycles. The number of benzene rings is 1. The van der Waals surface area contributed by atoms with Gasteiger partial charge in [0.1, 0.15) is 0 Å². The number of likely N-dealkylation sites (tertiary alicyclic amines) is 1. The van der Waals surface area contributed by atoms with Gasteiger partial charge in [-0.05, 0) is 19.1 Å². The molecule has 2 heterocycles. The predicted octanol–water partition coefficient (Wildman–Crippen LogP) is -0.0376. The maximum Gasteiger partial charge on any atom is 0.243 e. The number of hydrogen-bond donors (Lipinski definition) is 1. The van der Waals surface area contributed by atoms with Crippen LogP contribution >= 0.6 is 0 Å². The van der Waals surface area contributed by atoms with Gasteiger partial charge < -0.3 is 10.2 Å². The number of rotatable bonds is 4. The summed E-state index contributed by atoms with van der Waals surface area (Å²) < 4.78 is 26.5. The smallest absolute Gasteiger partial charge is 0.243 e. The van der Waals surface area contributed by atoms with E-state index in [0.29, 0.717) is 6.54 Å². The molecule has 1 aromatic rings. The molecule has 0 radical (unpaired) electrons. The summed E-state index contributed by atoms with van der Waals surface area (Å²) in [6, 6.07) is 6.58. The van der Waals surface area contributed by atoms with Gasteiger partial charge in [0.2, 0.25) is 21.8 Å². The molecule has 24 heavy (non-hydrogen) atoms. The van der Waals surface area contributed by atoms with E-state index in [1.165, 1.54) is 4.31 Å². The Morgan fingerprint density at radius 1 is 1.17 bits per heavy atom. The summed E-state index contributed by atoms with van der Waals surface area (Å²) in [7, 11) is -1.97. The number of carbonyl (C=O) groups is 2. The molecule has 1 N–H and O–H groups in total. The number of amides is 2. The predicted molar refractivity (Wildman–Crippen MR) is 87.6 cm³/mol. The van der Waals surface area contributed by atoms with Gasteiger partial charge in [-0.25, -0.2) is 8.42 Å². The quantitative estimate of drug-likeness (QED) is 0.825. The van der Waals surface area contributed by atoms with Gasteiger partial charge in [0, 0.05) is 33.1 Å². The van der Waals surface area contributed by atoms with Gasteiger partial charge in [-0.15, -0.1) is 0 Å². The van der Waals surface area contributed by atoms with Crippen LogP contribution in [-0.2, 0) is 19.6 Å². The van der Waals surface area contributed by atoms with Gasteiger partial charge >= 0.3 is 0 Å². The number of aryl methyl sites for hydroxylation is 1. The Balaban J connectivity index is 1.64. The van der Waals surface area contributed by atoms with Crippen molar-refractivity contribution < 1.29 is 18.0 Å². The first-order valence-electron chi connectivity index (χ1n) is 7.91. The molecule has 0 saturated carbocycles. The fraction of sp³-hybridized carbons (Fsp3) is 0.500. The van der Waals surface area contributed by atoms with Gasteiger partial charge in [-0.1, -0.05) is 17.7 Å². The lowest BCUT2D eigenvalue weighted by Gasteiger charge is -2.43. The molecule has 7 nitrogen and oxygen atoms in total. The molecule has 0 spiro atoms. The largest absolute Gasteiger partial charge is 0.359 e. The number of nitrogens with one attached hydrogen (secondary N) is 1. The second kappa shape index (κ2) is 6.18. The second-order valence-corrected chi connectivity index (χ2v) is 8.29. The summed E-state index contributed by atoms with van der Waals surface area (Å²) >= 11 is 0. The van der Waals surface area contributed by atoms with E-state index < -0.39 is 10.0 Å². The van der Waals surface area contributed by atoms with Crippen molar-refractivity contribution in [2.24, 2.45) is 5.92 Å². The Labute approximate surface area is 141 Å². The van der Waals surface area contributed by atoms with Crippen molar-refractivity contribution in [3.63, 3.8) is 0 Å². The highest BCUT2D eigenvalue weighted by Crippen LogP contribution is 2.29. The lowest BCUT2D eigenvalue weighted by Crippen LogP contribution is -2.61. The van der Waals surface area contributed by atoms with Crippen molar-refractivity contribution in [1.29, 1.82) is 0 Å². The number of sulfonamides is 1. The van der Waals surface area contributed by atoms with Crippen molar-refractivity contribution in [3.05, 3.63) is 29.8 Å². The van der Waals surface area contributed by atoms with E-state index in [-0.39, 0.29) is 48.2 Å². The van der Waals surface area contributed by atoms with Crippen LogP contribution in [0.15, 0.2) is 29.2 Å². The number of nitrogens with zero attached hydrogens (tertiary/aromatic N) is 2. The maximum atomic E-state index is 12.5. The molecule has 130 valence electrons. The Hall–Kier alpha value is -1.93. The summed E-state index contributed by atoms with van der Waals surface area (Å²) in [5.74, 6) is -0.569. The van der Waals surface area contributed by atoms with Crippen LogP contribution in [0.25, 0.3) is 0 Å². The first-order valence-corrected chi connectivity index (χ1v) is 9.35. The zero-order valence-electron chi connectivity index (χ0n) is 13.7. The molecule has 0 aromatic heterocycles. The molecular weight excluding hydrogens is 330 g/mol. The lowest BCUT2D eigenvalue weighted by atomic mass is 10.1. The molecule has 0 aliphatic carbocycles. The molecule has 2 amide bonds. The second-order valence-electron chi connectivity index (χ2n) is 6.35. The third-order valence-corrected chi connectivity index (χ3v) is 6.55. The SMILES string of the molecule is CNC(=O)C1CC(=O)N(C2CN(S(=O)(=O)c3ccc(C)cc3)C2)C1. The number of carbonyl (C=O) groups excluding carboxylic acids is 2. The fourth-order valence-electron chi connectivity index (χ4n) is 3.13. The van der Waals surface area contributed by atoms with Crippen LogP contribution in [0, 0.1) is 12.8 Å². The zero-order valence-corrected chi connectivity index (χ0v) is 14.5. The molecule has 1 atom stereocenters. The summed E-state index contributed by atoms with van der Waals surface area (Å²) in [5, 5.41) is 2.56. The average Bonchev–Trinajstić information content (AvgIpc) is 2.87. The monoisotopic (exact) mass is 351 g/mol. The summed E-state index contributed by atoms with van der Waals surface area (Å²) in [6.07, 6.45) is 0.195. The van der Waals surface area contributed by atoms with Gasteiger partial charge in [-0.2, -0.15) is 4.31 Å². The van der Waals surface area contributed by atoms with Crippen LogP contribution in [0.5, 0.6) is 0 Å². The lowest BCUT2D eigenvalue weighted by molar-refractivity contribution is -0.132. The van der Waals surface area contributed by atoms with Crippen molar-refractivity contribution in [2.75, 3.05) is 26.7 Å².